The predicted octanol–water partition coefficient (Wildman–Crippen LogP) is 1.66. The Morgan fingerprint density at radius 3 is 2.89 bits per heavy atom. The lowest BCUT2D eigenvalue weighted by Gasteiger charge is -2.03. The maximum atomic E-state index is 11.6. The number of hydrogen-bond acceptors (Lipinski definition) is 5. The summed E-state index contributed by atoms with van der Waals surface area (Å²) >= 11 is 0. The molecule has 0 aliphatic heterocycles. The number of nitrogens with zero attached hydrogens (tertiary/aromatic N) is 2. The standard InChI is InChI=1S/C12H13N3O3/c1-3-18-12-13-10(14-15-12)8-6-4-5-7-9(8)11(16)17-2/h4-7H,3H2,1-2H3,(H,13,14,15). The van der Waals surface area contributed by atoms with E-state index in [0.29, 0.717) is 23.6 Å². The van der Waals surface area contributed by atoms with Gasteiger partial charge in [-0.15, -0.1) is 5.10 Å². The number of ether oxygens (including phenoxy) is 2. The number of benzene rings is 1. The number of nitrogens with one attached hydrogen (secondary N) is 1. The Kier molecular flexibility index (Phi) is 3.57. The van der Waals surface area contributed by atoms with Gasteiger partial charge in [0.2, 0.25) is 0 Å². The Morgan fingerprint density at radius 2 is 2.17 bits per heavy atom. The van der Waals surface area contributed by atoms with E-state index in [9.17, 15) is 4.79 Å². The summed E-state index contributed by atoms with van der Waals surface area (Å²) in [4.78, 5) is 15.8. The maximum Gasteiger partial charge on any atom is 0.338 e. The first-order valence-corrected chi connectivity index (χ1v) is 5.49. The summed E-state index contributed by atoms with van der Waals surface area (Å²) in [6.07, 6.45) is 0. The minimum Gasteiger partial charge on any atom is -0.465 e. The summed E-state index contributed by atoms with van der Waals surface area (Å²) in [7, 11) is 1.34. The third-order valence-corrected chi connectivity index (χ3v) is 2.33. The molecule has 2 rings (SSSR count). The highest BCUT2D eigenvalue weighted by Crippen LogP contribution is 2.22. The van der Waals surface area contributed by atoms with Crippen LogP contribution in [0.1, 0.15) is 17.3 Å². The fourth-order valence-electron chi connectivity index (χ4n) is 1.54. The first-order valence-electron chi connectivity index (χ1n) is 5.49. The summed E-state index contributed by atoms with van der Waals surface area (Å²) in [5, 5.41) is 6.63. The van der Waals surface area contributed by atoms with Gasteiger partial charge in [0.1, 0.15) is 0 Å². The summed E-state index contributed by atoms with van der Waals surface area (Å²) in [5.41, 5.74) is 1.06. The van der Waals surface area contributed by atoms with Crippen molar-refractivity contribution in [2.75, 3.05) is 13.7 Å². The Hall–Kier alpha value is -2.37. The Labute approximate surface area is 104 Å². The van der Waals surface area contributed by atoms with Crippen LogP contribution in [0.4, 0.5) is 0 Å². The average molecular weight is 247 g/mol. The van der Waals surface area contributed by atoms with Crippen molar-refractivity contribution < 1.29 is 14.3 Å². The number of aromatic nitrogens is 3. The Morgan fingerprint density at radius 1 is 1.39 bits per heavy atom. The number of esters is 1. The molecule has 94 valence electrons. The molecule has 0 spiro atoms. The van der Waals surface area contributed by atoms with Gasteiger partial charge in [-0.05, 0) is 13.0 Å². The van der Waals surface area contributed by atoms with Crippen LogP contribution in [0.3, 0.4) is 0 Å². The molecular formula is C12H13N3O3. The topological polar surface area (TPSA) is 77.1 Å². The molecule has 1 aromatic heterocycles. The second-order valence-corrected chi connectivity index (χ2v) is 3.44. The van der Waals surface area contributed by atoms with E-state index in [1.54, 1.807) is 18.2 Å². The third kappa shape index (κ3) is 2.32. The molecule has 0 aliphatic carbocycles. The summed E-state index contributed by atoms with van der Waals surface area (Å²) in [5.74, 6) is 0.0550. The SMILES string of the molecule is CCOc1n[nH]c(-c2ccccc2C(=O)OC)n1. The van der Waals surface area contributed by atoms with Crippen LogP contribution in [0.2, 0.25) is 0 Å². The summed E-state index contributed by atoms with van der Waals surface area (Å²) in [6, 6.07) is 7.26. The molecule has 1 N–H and O–H groups in total. The zero-order valence-corrected chi connectivity index (χ0v) is 10.1. The molecule has 18 heavy (non-hydrogen) atoms. The molecule has 0 saturated heterocycles. The Balaban J connectivity index is 2.40. The van der Waals surface area contributed by atoms with E-state index < -0.39 is 5.97 Å². The average Bonchev–Trinajstić information content (AvgIpc) is 2.87. The van der Waals surface area contributed by atoms with Crippen molar-refractivity contribution in [3.8, 4) is 17.4 Å². The highest BCUT2D eigenvalue weighted by atomic mass is 16.5. The minimum absolute atomic E-state index is 0.257. The van der Waals surface area contributed by atoms with Gasteiger partial charge in [0.15, 0.2) is 5.82 Å². The van der Waals surface area contributed by atoms with Crippen molar-refractivity contribution in [1.82, 2.24) is 15.2 Å². The molecule has 6 nitrogen and oxygen atoms in total. The number of H-pyrrole nitrogens is 1. The number of hydrogen-bond donors (Lipinski definition) is 1. The van der Waals surface area contributed by atoms with Gasteiger partial charge in [-0.3, -0.25) is 5.10 Å². The van der Waals surface area contributed by atoms with Gasteiger partial charge < -0.3 is 9.47 Å². The van der Waals surface area contributed by atoms with Gasteiger partial charge >= 0.3 is 12.0 Å². The van der Waals surface area contributed by atoms with Gasteiger partial charge in [-0.25, -0.2) is 4.79 Å². The van der Waals surface area contributed by atoms with Gasteiger partial charge in [-0.2, -0.15) is 4.98 Å². The van der Waals surface area contributed by atoms with E-state index >= 15 is 0 Å². The van der Waals surface area contributed by atoms with Gasteiger partial charge in [0, 0.05) is 5.56 Å². The quantitative estimate of drug-likeness (QED) is 0.831. The third-order valence-electron chi connectivity index (χ3n) is 2.33. The van der Waals surface area contributed by atoms with E-state index in [2.05, 4.69) is 15.2 Å². The van der Waals surface area contributed by atoms with Crippen molar-refractivity contribution in [2.24, 2.45) is 0 Å². The molecule has 0 bridgehead atoms. The maximum absolute atomic E-state index is 11.6. The van der Waals surface area contributed by atoms with Crippen LogP contribution in [0, 0.1) is 0 Å². The molecule has 0 fully saturated rings. The van der Waals surface area contributed by atoms with Crippen LogP contribution in [0.25, 0.3) is 11.4 Å². The van der Waals surface area contributed by atoms with Crippen molar-refractivity contribution >= 4 is 5.97 Å². The molecule has 0 radical (unpaired) electrons. The number of carbonyl (C=O) groups is 1. The molecule has 0 atom stereocenters. The molecule has 0 unspecified atom stereocenters. The molecule has 0 saturated carbocycles. The van der Waals surface area contributed by atoms with Crippen LogP contribution in [-0.4, -0.2) is 34.9 Å². The summed E-state index contributed by atoms with van der Waals surface area (Å²) in [6.45, 7) is 2.33. The van der Waals surface area contributed by atoms with Crippen LogP contribution >= 0.6 is 0 Å². The van der Waals surface area contributed by atoms with Gasteiger partial charge in [-0.1, -0.05) is 18.2 Å². The monoisotopic (exact) mass is 247 g/mol. The number of rotatable bonds is 4. The van der Waals surface area contributed by atoms with E-state index in [0.717, 1.165) is 0 Å². The first-order chi connectivity index (χ1) is 8.76. The normalized spacial score (nSPS) is 10.1. The fourth-order valence-corrected chi connectivity index (χ4v) is 1.54. The number of aromatic amines is 1. The lowest BCUT2D eigenvalue weighted by atomic mass is 10.1. The number of methoxy groups -OCH3 is 1. The largest absolute Gasteiger partial charge is 0.465 e. The van der Waals surface area contributed by atoms with Crippen molar-refractivity contribution in [2.45, 2.75) is 6.92 Å². The van der Waals surface area contributed by atoms with Crippen LogP contribution in [0.5, 0.6) is 6.01 Å². The molecule has 1 heterocycles. The fraction of sp³-hybridized carbons (Fsp3) is 0.250. The van der Waals surface area contributed by atoms with Gasteiger partial charge in [0.25, 0.3) is 0 Å². The van der Waals surface area contributed by atoms with Crippen LogP contribution in [-0.2, 0) is 4.74 Å². The van der Waals surface area contributed by atoms with Crippen LogP contribution < -0.4 is 4.74 Å². The molecule has 0 aliphatic rings. The Bertz CT molecular complexity index is 551. The van der Waals surface area contributed by atoms with E-state index in [1.807, 2.05) is 13.0 Å². The molecule has 6 heteroatoms. The van der Waals surface area contributed by atoms with Gasteiger partial charge in [0.05, 0.1) is 19.3 Å². The minimum atomic E-state index is -0.417. The number of carbonyl (C=O) groups excluding carboxylic acids is 1. The molecular weight excluding hydrogens is 234 g/mol. The second kappa shape index (κ2) is 5.31. The van der Waals surface area contributed by atoms with E-state index in [-0.39, 0.29) is 6.01 Å². The lowest BCUT2D eigenvalue weighted by Crippen LogP contribution is -2.03. The molecule has 0 amide bonds. The smallest absolute Gasteiger partial charge is 0.338 e. The lowest BCUT2D eigenvalue weighted by molar-refractivity contribution is 0.0601. The first kappa shape index (κ1) is 12.1. The summed E-state index contributed by atoms with van der Waals surface area (Å²) < 4.78 is 9.89. The van der Waals surface area contributed by atoms with Crippen molar-refractivity contribution in [3.05, 3.63) is 29.8 Å². The van der Waals surface area contributed by atoms with Crippen molar-refractivity contribution in [1.29, 1.82) is 0 Å². The zero-order chi connectivity index (χ0) is 13.0. The highest BCUT2D eigenvalue weighted by molar-refractivity contribution is 5.96. The predicted molar refractivity (Wildman–Crippen MR) is 64.3 cm³/mol. The van der Waals surface area contributed by atoms with E-state index in [4.69, 9.17) is 9.47 Å². The molecule has 2 aromatic rings. The zero-order valence-electron chi connectivity index (χ0n) is 10.1. The van der Waals surface area contributed by atoms with E-state index in [1.165, 1.54) is 7.11 Å². The van der Waals surface area contributed by atoms with Crippen molar-refractivity contribution in [3.63, 3.8) is 0 Å². The second-order valence-electron chi connectivity index (χ2n) is 3.44. The van der Waals surface area contributed by atoms with Crippen LogP contribution in [0.15, 0.2) is 24.3 Å². The highest BCUT2D eigenvalue weighted by Gasteiger charge is 2.15. The molecule has 1 aromatic carbocycles.